The molecule has 0 spiro atoms. The van der Waals surface area contributed by atoms with Crippen LogP contribution in [-0.4, -0.2) is 6.54 Å². The summed E-state index contributed by atoms with van der Waals surface area (Å²) in [6, 6.07) is 10.00. The van der Waals surface area contributed by atoms with Gasteiger partial charge in [-0.2, -0.15) is 5.26 Å². The van der Waals surface area contributed by atoms with E-state index in [2.05, 4.69) is 31.2 Å². The third-order valence-corrected chi connectivity index (χ3v) is 2.71. The van der Waals surface area contributed by atoms with Gasteiger partial charge in [-0.1, -0.05) is 25.8 Å². The molecule has 1 aromatic carbocycles. The number of nitrogens with one attached hydrogen (secondary N) is 1. The average Bonchev–Trinajstić information content (AvgIpc) is 2.34. The first kappa shape index (κ1) is 13.1. The van der Waals surface area contributed by atoms with E-state index in [4.69, 9.17) is 11.7 Å². The van der Waals surface area contributed by atoms with Crippen molar-refractivity contribution in [3.63, 3.8) is 0 Å². The lowest BCUT2D eigenvalue weighted by atomic mass is 9.88. The van der Waals surface area contributed by atoms with Crippen LogP contribution in [0, 0.1) is 29.1 Å². The van der Waals surface area contributed by atoms with Crippen molar-refractivity contribution in [1.29, 1.82) is 5.26 Å². The molecule has 1 N–H and O–H groups in total. The van der Waals surface area contributed by atoms with Gasteiger partial charge in [-0.05, 0) is 30.0 Å². The Morgan fingerprint density at radius 2 is 2.18 bits per heavy atom. The summed E-state index contributed by atoms with van der Waals surface area (Å²) < 4.78 is 0. The largest absolute Gasteiger partial charge is 0.384 e. The van der Waals surface area contributed by atoms with Gasteiger partial charge in [0.25, 0.3) is 0 Å². The van der Waals surface area contributed by atoms with Gasteiger partial charge in [0.1, 0.15) is 0 Å². The highest BCUT2D eigenvalue weighted by atomic mass is 14.9. The second kappa shape index (κ2) is 5.97. The highest BCUT2D eigenvalue weighted by molar-refractivity contribution is 5.50. The summed E-state index contributed by atoms with van der Waals surface area (Å²) in [5.74, 6) is 2.62. The number of nitriles is 1. The summed E-state index contributed by atoms with van der Waals surface area (Å²) in [6.45, 7) is 5.15. The smallest absolute Gasteiger partial charge is 0.0621 e. The number of nitrogens with zero attached hydrogens (tertiary/aromatic N) is 1. The quantitative estimate of drug-likeness (QED) is 0.781. The highest BCUT2D eigenvalue weighted by Crippen LogP contribution is 2.23. The van der Waals surface area contributed by atoms with Crippen molar-refractivity contribution in [2.24, 2.45) is 5.41 Å². The molecular formula is C15H18N2. The number of rotatable bonds is 5. The number of anilines is 1. The first-order chi connectivity index (χ1) is 8.07. The minimum absolute atomic E-state index is 0.113. The van der Waals surface area contributed by atoms with Crippen molar-refractivity contribution in [2.45, 2.75) is 26.7 Å². The standard InChI is InChI=1S/C15H18N2/c1-4-13-7-5-8-14(11-13)17-12-15(2,3)9-6-10-16/h1,5,7-8,11,17H,6,9,12H2,2-3H3. The van der Waals surface area contributed by atoms with E-state index in [1.807, 2.05) is 24.3 Å². The maximum Gasteiger partial charge on any atom is 0.0621 e. The Morgan fingerprint density at radius 3 is 2.82 bits per heavy atom. The third kappa shape index (κ3) is 4.62. The zero-order chi connectivity index (χ0) is 12.7. The van der Waals surface area contributed by atoms with Crippen molar-refractivity contribution in [1.82, 2.24) is 0 Å². The molecule has 0 atom stereocenters. The highest BCUT2D eigenvalue weighted by Gasteiger charge is 2.16. The first-order valence-corrected chi connectivity index (χ1v) is 5.75. The van der Waals surface area contributed by atoms with Crippen LogP contribution in [0.1, 0.15) is 32.3 Å². The van der Waals surface area contributed by atoms with Gasteiger partial charge in [0, 0.05) is 24.2 Å². The lowest BCUT2D eigenvalue weighted by Gasteiger charge is -2.24. The molecule has 0 aliphatic carbocycles. The lowest BCUT2D eigenvalue weighted by Crippen LogP contribution is -2.22. The molecule has 0 bridgehead atoms. The van der Waals surface area contributed by atoms with Crippen LogP contribution < -0.4 is 5.32 Å². The molecule has 0 fully saturated rings. The zero-order valence-electron chi connectivity index (χ0n) is 10.5. The van der Waals surface area contributed by atoms with Crippen molar-refractivity contribution >= 4 is 5.69 Å². The van der Waals surface area contributed by atoms with E-state index >= 15 is 0 Å². The molecule has 0 aliphatic rings. The van der Waals surface area contributed by atoms with E-state index in [9.17, 15) is 0 Å². The van der Waals surface area contributed by atoms with Crippen molar-refractivity contribution in [3.05, 3.63) is 29.8 Å². The molecule has 1 rings (SSSR count). The predicted molar refractivity (Wildman–Crippen MR) is 71.5 cm³/mol. The van der Waals surface area contributed by atoms with Crippen molar-refractivity contribution in [3.8, 4) is 18.4 Å². The molecule has 0 unspecified atom stereocenters. The summed E-state index contributed by atoms with van der Waals surface area (Å²) in [6.07, 6.45) is 6.84. The Kier molecular flexibility index (Phi) is 4.61. The molecule has 2 heteroatoms. The molecule has 0 saturated carbocycles. The number of hydrogen-bond acceptors (Lipinski definition) is 2. The van der Waals surface area contributed by atoms with Crippen LogP contribution in [0.15, 0.2) is 24.3 Å². The van der Waals surface area contributed by atoms with Crippen LogP contribution in [0.2, 0.25) is 0 Å². The van der Waals surface area contributed by atoms with E-state index < -0.39 is 0 Å². The molecule has 0 heterocycles. The van der Waals surface area contributed by atoms with Crippen LogP contribution in [0.25, 0.3) is 0 Å². The molecule has 0 aliphatic heterocycles. The molecule has 88 valence electrons. The maximum absolute atomic E-state index is 8.59. The molecule has 1 aromatic rings. The second-order valence-electron chi connectivity index (χ2n) is 4.90. The normalized spacial score (nSPS) is 10.4. The second-order valence-corrected chi connectivity index (χ2v) is 4.90. The van der Waals surface area contributed by atoms with Gasteiger partial charge in [0.15, 0.2) is 0 Å². The van der Waals surface area contributed by atoms with Crippen molar-refractivity contribution < 1.29 is 0 Å². The zero-order valence-corrected chi connectivity index (χ0v) is 10.5. The van der Waals surface area contributed by atoms with Gasteiger partial charge in [-0.25, -0.2) is 0 Å². The molecule has 2 nitrogen and oxygen atoms in total. The number of hydrogen-bond donors (Lipinski definition) is 1. The summed E-state index contributed by atoms with van der Waals surface area (Å²) in [4.78, 5) is 0. The topological polar surface area (TPSA) is 35.8 Å². The predicted octanol–water partition coefficient (Wildman–Crippen LogP) is 3.41. The van der Waals surface area contributed by atoms with Crippen LogP contribution in [0.5, 0.6) is 0 Å². The molecule has 0 amide bonds. The van der Waals surface area contributed by atoms with Gasteiger partial charge in [0.05, 0.1) is 6.07 Å². The minimum Gasteiger partial charge on any atom is -0.384 e. The maximum atomic E-state index is 8.59. The van der Waals surface area contributed by atoms with E-state index in [-0.39, 0.29) is 5.41 Å². The minimum atomic E-state index is 0.113. The number of terminal acetylenes is 1. The Hall–Kier alpha value is -1.93. The lowest BCUT2D eigenvalue weighted by molar-refractivity contribution is 0.364. The van der Waals surface area contributed by atoms with Gasteiger partial charge in [-0.15, -0.1) is 6.42 Å². The van der Waals surface area contributed by atoms with Crippen LogP contribution in [0.3, 0.4) is 0 Å². The molecule has 0 saturated heterocycles. The average molecular weight is 226 g/mol. The molecule has 0 aromatic heterocycles. The van der Waals surface area contributed by atoms with Crippen LogP contribution in [-0.2, 0) is 0 Å². The summed E-state index contributed by atoms with van der Waals surface area (Å²) >= 11 is 0. The number of benzene rings is 1. The van der Waals surface area contributed by atoms with E-state index in [1.165, 1.54) is 0 Å². The third-order valence-electron chi connectivity index (χ3n) is 2.71. The monoisotopic (exact) mass is 226 g/mol. The van der Waals surface area contributed by atoms with E-state index in [1.54, 1.807) is 0 Å². The molecule has 17 heavy (non-hydrogen) atoms. The van der Waals surface area contributed by atoms with E-state index in [0.717, 1.165) is 24.2 Å². The Balaban J connectivity index is 2.55. The fourth-order valence-electron chi connectivity index (χ4n) is 1.54. The van der Waals surface area contributed by atoms with Gasteiger partial charge >= 0.3 is 0 Å². The van der Waals surface area contributed by atoms with Crippen LogP contribution >= 0.6 is 0 Å². The first-order valence-electron chi connectivity index (χ1n) is 5.75. The Labute approximate surface area is 104 Å². The van der Waals surface area contributed by atoms with Gasteiger partial charge in [0.2, 0.25) is 0 Å². The Bertz CT molecular complexity index is 447. The van der Waals surface area contributed by atoms with Crippen LogP contribution in [0.4, 0.5) is 5.69 Å². The van der Waals surface area contributed by atoms with Gasteiger partial charge in [-0.3, -0.25) is 0 Å². The summed E-state index contributed by atoms with van der Waals surface area (Å²) in [5.41, 5.74) is 2.03. The van der Waals surface area contributed by atoms with Crippen molar-refractivity contribution in [2.75, 3.05) is 11.9 Å². The van der Waals surface area contributed by atoms with E-state index in [0.29, 0.717) is 6.42 Å². The summed E-state index contributed by atoms with van der Waals surface area (Å²) in [7, 11) is 0. The Morgan fingerprint density at radius 1 is 1.41 bits per heavy atom. The molecular weight excluding hydrogens is 208 g/mol. The SMILES string of the molecule is C#Cc1cccc(NCC(C)(C)CCC#N)c1. The summed E-state index contributed by atoms with van der Waals surface area (Å²) in [5, 5.41) is 12.0. The fraction of sp³-hybridized carbons (Fsp3) is 0.400. The van der Waals surface area contributed by atoms with Gasteiger partial charge < -0.3 is 5.32 Å². The molecule has 0 radical (unpaired) electrons. The fourth-order valence-corrected chi connectivity index (χ4v) is 1.54.